The molecule has 1 aliphatic heterocycles. The fourth-order valence-corrected chi connectivity index (χ4v) is 4.55. The van der Waals surface area contributed by atoms with Crippen LogP contribution in [-0.2, 0) is 4.74 Å². The molecule has 5 nitrogen and oxygen atoms in total. The zero-order valence-corrected chi connectivity index (χ0v) is 17.3. The zero-order chi connectivity index (χ0) is 19.7. The summed E-state index contributed by atoms with van der Waals surface area (Å²) in [6.07, 6.45) is 1.98. The van der Waals surface area contributed by atoms with Crippen molar-refractivity contribution in [2.75, 3.05) is 25.2 Å². The van der Waals surface area contributed by atoms with Crippen molar-refractivity contribution in [3.8, 4) is 5.75 Å². The molecule has 1 aromatic heterocycles. The average molecular weight is 417 g/mol. The summed E-state index contributed by atoms with van der Waals surface area (Å²) in [6, 6.07) is 10.9. The number of aryl methyl sites for hydroxylation is 1. The van der Waals surface area contributed by atoms with Gasteiger partial charge in [0.05, 0.1) is 24.5 Å². The molecule has 1 saturated heterocycles. The van der Waals surface area contributed by atoms with Crippen LogP contribution in [0.4, 0.5) is 5.13 Å². The number of rotatable bonds is 5. The summed E-state index contributed by atoms with van der Waals surface area (Å²) in [5.41, 5.74) is 2.46. The minimum Gasteiger partial charge on any atom is -0.494 e. The molecule has 2 heterocycles. The number of halogens is 1. The van der Waals surface area contributed by atoms with Gasteiger partial charge in [-0.05, 0) is 55.7 Å². The highest BCUT2D eigenvalue weighted by Gasteiger charge is 2.27. The molecule has 28 heavy (non-hydrogen) atoms. The summed E-state index contributed by atoms with van der Waals surface area (Å²) in [5, 5.41) is 1.25. The number of aromatic nitrogens is 1. The quantitative estimate of drug-likeness (QED) is 0.581. The lowest BCUT2D eigenvalue weighted by molar-refractivity contribution is 0.0917. The van der Waals surface area contributed by atoms with E-state index >= 15 is 0 Å². The number of benzene rings is 2. The van der Waals surface area contributed by atoms with Crippen molar-refractivity contribution in [1.82, 2.24) is 4.98 Å². The predicted molar refractivity (Wildman–Crippen MR) is 113 cm³/mol. The van der Waals surface area contributed by atoms with Crippen molar-refractivity contribution < 1.29 is 14.3 Å². The highest BCUT2D eigenvalue weighted by Crippen LogP contribution is 2.37. The van der Waals surface area contributed by atoms with Crippen LogP contribution in [0.25, 0.3) is 10.2 Å². The number of carbonyl (C=O) groups is 1. The Morgan fingerprint density at radius 3 is 2.79 bits per heavy atom. The summed E-state index contributed by atoms with van der Waals surface area (Å²) in [5.74, 6) is 0.599. The Labute approximate surface area is 172 Å². The van der Waals surface area contributed by atoms with Gasteiger partial charge in [-0.2, -0.15) is 0 Å². The maximum absolute atomic E-state index is 13.3. The molecule has 0 spiro atoms. The minimum atomic E-state index is -0.108. The van der Waals surface area contributed by atoms with Crippen LogP contribution in [-0.4, -0.2) is 37.3 Å². The van der Waals surface area contributed by atoms with Crippen LogP contribution in [0.1, 0.15) is 28.8 Å². The van der Waals surface area contributed by atoms with Gasteiger partial charge in [0.25, 0.3) is 5.91 Å². The van der Waals surface area contributed by atoms with Gasteiger partial charge in [-0.15, -0.1) is 0 Å². The maximum Gasteiger partial charge on any atom is 0.260 e. The molecular weight excluding hydrogens is 396 g/mol. The van der Waals surface area contributed by atoms with Gasteiger partial charge in [0.1, 0.15) is 11.3 Å². The van der Waals surface area contributed by atoms with E-state index in [1.807, 2.05) is 19.1 Å². The van der Waals surface area contributed by atoms with E-state index in [2.05, 4.69) is 0 Å². The molecule has 3 aromatic rings. The number of fused-ring (bicyclic) bond motifs is 1. The lowest BCUT2D eigenvalue weighted by atomic mass is 10.2. The molecule has 4 rings (SSSR count). The van der Waals surface area contributed by atoms with Gasteiger partial charge >= 0.3 is 0 Å². The van der Waals surface area contributed by atoms with E-state index in [0.717, 1.165) is 35.2 Å². The third kappa shape index (κ3) is 3.72. The molecule has 7 heteroatoms. The van der Waals surface area contributed by atoms with E-state index in [1.165, 1.54) is 11.3 Å². The molecule has 0 saturated carbocycles. The molecule has 2 aromatic carbocycles. The standard InChI is InChI=1S/C21H21ClN2O3S/c1-13-5-10-17(26-2)18-19(13)28-21(23-18)24(12-16-4-3-11-27-16)20(25)14-6-8-15(22)9-7-14/h5-10,16H,3-4,11-12H2,1-2H3. The number of methoxy groups -OCH3 is 1. The van der Waals surface area contributed by atoms with E-state index in [-0.39, 0.29) is 12.0 Å². The first-order chi connectivity index (χ1) is 13.6. The number of hydrogen-bond acceptors (Lipinski definition) is 5. The van der Waals surface area contributed by atoms with Crippen molar-refractivity contribution in [1.29, 1.82) is 0 Å². The van der Waals surface area contributed by atoms with Crippen LogP contribution in [0.15, 0.2) is 36.4 Å². The number of carbonyl (C=O) groups excluding carboxylic acids is 1. The van der Waals surface area contributed by atoms with Gasteiger partial charge in [0, 0.05) is 17.2 Å². The molecule has 146 valence electrons. The monoisotopic (exact) mass is 416 g/mol. The number of ether oxygens (including phenoxy) is 2. The number of anilines is 1. The first-order valence-electron chi connectivity index (χ1n) is 9.20. The smallest absolute Gasteiger partial charge is 0.260 e. The average Bonchev–Trinajstić information content (AvgIpc) is 3.37. The molecule has 1 aliphatic rings. The fraction of sp³-hybridized carbons (Fsp3) is 0.333. The Balaban J connectivity index is 1.76. The second kappa shape index (κ2) is 8.07. The highest BCUT2D eigenvalue weighted by atomic mass is 35.5. The number of nitrogens with zero attached hydrogens (tertiary/aromatic N) is 2. The second-order valence-electron chi connectivity index (χ2n) is 6.82. The first-order valence-corrected chi connectivity index (χ1v) is 10.4. The summed E-state index contributed by atoms with van der Waals surface area (Å²) >= 11 is 7.49. The largest absolute Gasteiger partial charge is 0.494 e. The third-order valence-electron chi connectivity index (χ3n) is 4.89. The number of amides is 1. The van der Waals surface area contributed by atoms with Crippen LogP contribution in [0.2, 0.25) is 5.02 Å². The topological polar surface area (TPSA) is 51.7 Å². The van der Waals surface area contributed by atoms with Gasteiger partial charge in [0.2, 0.25) is 0 Å². The normalized spacial score (nSPS) is 16.5. The fourth-order valence-electron chi connectivity index (χ4n) is 3.37. The Morgan fingerprint density at radius 1 is 1.32 bits per heavy atom. The predicted octanol–water partition coefficient (Wildman–Crippen LogP) is 5.09. The lowest BCUT2D eigenvalue weighted by Gasteiger charge is -2.23. The second-order valence-corrected chi connectivity index (χ2v) is 8.23. The summed E-state index contributed by atoms with van der Waals surface area (Å²) in [4.78, 5) is 19.8. The minimum absolute atomic E-state index is 0.0197. The Kier molecular flexibility index (Phi) is 5.53. The molecule has 0 bridgehead atoms. The third-order valence-corrected chi connectivity index (χ3v) is 6.36. The lowest BCUT2D eigenvalue weighted by Crippen LogP contribution is -2.37. The van der Waals surface area contributed by atoms with Crippen molar-refractivity contribution in [3.05, 3.63) is 52.5 Å². The van der Waals surface area contributed by atoms with Gasteiger partial charge in [-0.1, -0.05) is 29.0 Å². The van der Waals surface area contributed by atoms with Crippen molar-refractivity contribution in [2.24, 2.45) is 0 Å². The van der Waals surface area contributed by atoms with E-state index < -0.39 is 0 Å². The Bertz CT molecular complexity index is 997. The summed E-state index contributed by atoms with van der Waals surface area (Å²) in [7, 11) is 1.63. The Hall–Kier alpha value is -2.15. The van der Waals surface area contributed by atoms with Crippen LogP contribution in [0.3, 0.4) is 0 Å². The van der Waals surface area contributed by atoms with Gasteiger partial charge < -0.3 is 9.47 Å². The van der Waals surface area contributed by atoms with E-state index in [0.29, 0.717) is 28.0 Å². The van der Waals surface area contributed by atoms with Crippen LogP contribution in [0.5, 0.6) is 5.75 Å². The SMILES string of the molecule is COc1ccc(C)c2sc(N(CC3CCCO3)C(=O)c3ccc(Cl)cc3)nc12. The van der Waals surface area contributed by atoms with E-state index in [4.69, 9.17) is 26.1 Å². The molecule has 0 radical (unpaired) electrons. The molecular formula is C21H21ClN2O3S. The molecule has 1 atom stereocenters. The van der Waals surface area contributed by atoms with Gasteiger partial charge in [-0.25, -0.2) is 4.98 Å². The van der Waals surface area contributed by atoms with Crippen molar-refractivity contribution >= 4 is 44.2 Å². The van der Waals surface area contributed by atoms with E-state index in [9.17, 15) is 4.79 Å². The molecule has 1 fully saturated rings. The van der Waals surface area contributed by atoms with Gasteiger partial charge in [-0.3, -0.25) is 9.69 Å². The van der Waals surface area contributed by atoms with E-state index in [1.54, 1.807) is 36.3 Å². The zero-order valence-electron chi connectivity index (χ0n) is 15.8. The number of thiazole rings is 1. The number of hydrogen-bond donors (Lipinski definition) is 0. The Morgan fingerprint density at radius 2 is 2.11 bits per heavy atom. The first kappa shape index (κ1) is 19.2. The van der Waals surface area contributed by atoms with Crippen LogP contribution >= 0.6 is 22.9 Å². The summed E-state index contributed by atoms with van der Waals surface area (Å²) in [6.45, 7) is 3.25. The maximum atomic E-state index is 13.3. The van der Waals surface area contributed by atoms with Crippen LogP contribution in [0, 0.1) is 6.92 Å². The van der Waals surface area contributed by atoms with Crippen LogP contribution < -0.4 is 9.64 Å². The van der Waals surface area contributed by atoms with Crippen molar-refractivity contribution in [2.45, 2.75) is 25.9 Å². The molecule has 1 amide bonds. The molecule has 1 unspecified atom stereocenters. The molecule has 0 aliphatic carbocycles. The van der Waals surface area contributed by atoms with Crippen molar-refractivity contribution in [3.63, 3.8) is 0 Å². The summed E-state index contributed by atoms with van der Waals surface area (Å²) < 4.78 is 12.3. The molecule has 0 N–H and O–H groups in total. The van der Waals surface area contributed by atoms with Gasteiger partial charge in [0.15, 0.2) is 5.13 Å². The highest BCUT2D eigenvalue weighted by molar-refractivity contribution is 7.22.